The average Bonchev–Trinajstić information content (AvgIpc) is 2.88. The van der Waals surface area contributed by atoms with E-state index in [0.29, 0.717) is 39.7 Å². The molecule has 0 unspecified atom stereocenters. The Bertz CT molecular complexity index is 894. The number of rotatable bonds is 5. The molecule has 0 bridgehead atoms. The molecule has 0 amide bonds. The van der Waals surface area contributed by atoms with Crippen LogP contribution in [0.4, 0.5) is 0 Å². The predicted octanol–water partition coefficient (Wildman–Crippen LogP) is 5.54. The summed E-state index contributed by atoms with van der Waals surface area (Å²) < 4.78 is 16.8. The fourth-order valence-electron chi connectivity index (χ4n) is 2.56. The molecule has 0 aliphatic rings. The second-order valence-corrected chi connectivity index (χ2v) is 6.50. The van der Waals surface area contributed by atoms with Crippen molar-refractivity contribution in [3.8, 4) is 5.75 Å². The number of fused-ring (bicyclic) bond motifs is 1. The SMILES string of the molecule is Cc1oc2ccc(OCc3ccc(Cl)cc3)cc2c1C(=O)OC(C)C. The maximum Gasteiger partial charge on any atom is 0.342 e. The van der Waals surface area contributed by atoms with Gasteiger partial charge in [0.15, 0.2) is 0 Å². The zero-order chi connectivity index (χ0) is 18.0. The van der Waals surface area contributed by atoms with Crippen molar-refractivity contribution in [3.05, 3.63) is 64.4 Å². The van der Waals surface area contributed by atoms with Crippen molar-refractivity contribution in [1.29, 1.82) is 0 Å². The van der Waals surface area contributed by atoms with Crippen LogP contribution in [0.3, 0.4) is 0 Å². The largest absolute Gasteiger partial charge is 0.489 e. The van der Waals surface area contributed by atoms with E-state index in [1.165, 1.54) is 0 Å². The minimum absolute atomic E-state index is 0.193. The van der Waals surface area contributed by atoms with Crippen LogP contribution in [0.2, 0.25) is 5.02 Å². The van der Waals surface area contributed by atoms with Gasteiger partial charge in [0.1, 0.15) is 29.3 Å². The van der Waals surface area contributed by atoms with Gasteiger partial charge in [0.2, 0.25) is 0 Å². The molecular formula is C20H19ClO4. The van der Waals surface area contributed by atoms with Crippen molar-refractivity contribution in [2.45, 2.75) is 33.5 Å². The van der Waals surface area contributed by atoms with Crippen LogP contribution in [0.1, 0.15) is 35.5 Å². The Balaban J connectivity index is 1.85. The summed E-state index contributed by atoms with van der Waals surface area (Å²) >= 11 is 5.88. The van der Waals surface area contributed by atoms with Crippen LogP contribution in [0, 0.1) is 6.92 Å². The lowest BCUT2D eigenvalue weighted by Gasteiger charge is -2.08. The van der Waals surface area contributed by atoms with E-state index in [1.54, 1.807) is 19.1 Å². The normalized spacial score (nSPS) is 11.1. The first-order chi connectivity index (χ1) is 11.9. The van der Waals surface area contributed by atoms with Gasteiger partial charge in [-0.25, -0.2) is 4.79 Å². The molecule has 0 saturated heterocycles. The highest BCUT2D eigenvalue weighted by Gasteiger charge is 2.21. The number of carbonyl (C=O) groups is 1. The van der Waals surface area contributed by atoms with Crippen LogP contribution >= 0.6 is 11.6 Å². The number of carbonyl (C=O) groups excluding carboxylic acids is 1. The lowest BCUT2D eigenvalue weighted by molar-refractivity contribution is 0.0378. The quantitative estimate of drug-likeness (QED) is 0.562. The van der Waals surface area contributed by atoms with E-state index in [0.717, 1.165) is 5.56 Å². The lowest BCUT2D eigenvalue weighted by atomic mass is 10.1. The molecule has 1 heterocycles. The van der Waals surface area contributed by atoms with E-state index in [2.05, 4.69) is 0 Å². The molecule has 0 saturated carbocycles. The Morgan fingerprint density at radius 3 is 2.56 bits per heavy atom. The molecule has 5 heteroatoms. The van der Waals surface area contributed by atoms with E-state index in [4.69, 9.17) is 25.5 Å². The van der Waals surface area contributed by atoms with Gasteiger partial charge in [-0.2, -0.15) is 0 Å². The first kappa shape index (κ1) is 17.4. The van der Waals surface area contributed by atoms with Crippen molar-refractivity contribution in [3.63, 3.8) is 0 Å². The number of aryl methyl sites for hydroxylation is 1. The number of esters is 1. The predicted molar refractivity (Wildman–Crippen MR) is 97.3 cm³/mol. The molecule has 0 N–H and O–H groups in total. The topological polar surface area (TPSA) is 48.7 Å². The number of ether oxygens (including phenoxy) is 2. The Kier molecular flexibility index (Phi) is 5.00. The molecule has 4 nitrogen and oxygen atoms in total. The number of hydrogen-bond donors (Lipinski definition) is 0. The van der Waals surface area contributed by atoms with Gasteiger partial charge in [-0.1, -0.05) is 23.7 Å². The van der Waals surface area contributed by atoms with Crippen LogP contribution in [0.5, 0.6) is 5.75 Å². The molecule has 0 fully saturated rings. The fraction of sp³-hybridized carbons (Fsp3) is 0.250. The standard InChI is InChI=1S/C20H19ClO4/c1-12(2)24-20(22)19-13(3)25-18-9-8-16(10-17(18)19)23-11-14-4-6-15(21)7-5-14/h4-10,12H,11H2,1-3H3. The molecule has 0 aliphatic carbocycles. The summed E-state index contributed by atoms with van der Waals surface area (Å²) in [5.41, 5.74) is 2.08. The first-order valence-electron chi connectivity index (χ1n) is 8.05. The van der Waals surface area contributed by atoms with Crippen molar-refractivity contribution in [2.24, 2.45) is 0 Å². The molecule has 3 rings (SSSR count). The minimum atomic E-state index is -0.388. The third-order valence-corrected chi connectivity index (χ3v) is 3.95. The van der Waals surface area contributed by atoms with Crippen molar-refractivity contribution in [1.82, 2.24) is 0 Å². The third kappa shape index (κ3) is 3.97. The van der Waals surface area contributed by atoms with Crippen LogP contribution < -0.4 is 4.74 Å². The number of benzene rings is 2. The monoisotopic (exact) mass is 358 g/mol. The highest BCUT2D eigenvalue weighted by molar-refractivity contribution is 6.30. The smallest absolute Gasteiger partial charge is 0.342 e. The van der Waals surface area contributed by atoms with Crippen LogP contribution in [0.15, 0.2) is 46.9 Å². The van der Waals surface area contributed by atoms with E-state index in [-0.39, 0.29) is 12.1 Å². The second kappa shape index (κ2) is 7.19. The maximum atomic E-state index is 12.3. The Morgan fingerprint density at radius 1 is 1.16 bits per heavy atom. The summed E-state index contributed by atoms with van der Waals surface area (Å²) in [7, 11) is 0. The van der Waals surface area contributed by atoms with Gasteiger partial charge in [-0.05, 0) is 56.7 Å². The molecule has 0 atom stereocenters. The Morgan fingerprint density at radius 2 is 1.88 bits per heavy atom. The van der Waals surface area contributed by atoms with E-state index in [1.807, 2.05) is 44.2 Å². The molecule has 2 aromatic carbocycles. The van der Waals surface area contributed by atoms with Crippen molar-refractivity contribution in [2.75, 3.05) is 0 Å². The van der Waals surface area contributed by atoms with E-state index < -0.39 is 0 Å². The van der Waals surface area contributed by atoms with Crippen LogP contribution in [0.25, 0.3) is 11.0 Å². The number of hydrogen-bond acceptors (Lipinski definition) is 4. The summed E-state index contributed by atoms with van der Waals surface area (Å²) in [5, 5.41) is 1.38. The second-order valence-electron chi connectivity index (χ2n) is 6.06. The third-order valence-electron chi connectivity index (χ3n) is 3.70. The molecule has 0 radical (unpaired) electrons. The number of furan rings is 1. The van der Waals surface area contributed by atoms with Gasteiger partial charge < -0.3 is 13.9 Å². The summed E-state index contributed by atoms with van der Waals surface area (Å²) in [5.74, 6) is 0.804. The molecule has 0 aliphatic heterocycles. The zero-order valence-electron chi connectivity index (χ0n) is 14.3. The van der Waals surface area contributed by atoms with Crippen molar-refractivity contribution < 1.29 is 18.7 Å². The van der Waals surface area contributed by atoms with Gasteiger partial charge in [0, 0.05) is 10.4 Å². The highest BCUT2D eigenvalue weighted by atomic mass is 35.5. The summed E-state index contributed by atoms with van der Waals surface area (Å²) in [6.45, 7) is 5.79. The van der Waals surface area contributed by atoms with Gasteiger partial charge in [0.25, 0.3) is 0 Å². The molecule has 1 aromatic heterocycles. The minimum Gasteiger partial charge on any atom is -0.489 e. The van der Waals surface area contributed by atoms with E-state index >= 15 is 0 Å². The highest BCUT2D eigenvalue weighted by Crippen LogP contribution is 2.30. The van der Waals surface area contributed by atoms with Gasteiger partial charge >= 0.3 is 5.97 Å². The maximum absolute atomic E-state index is 12.3. The first-order valence-corrected chi connectivity index (χ1v) is 8.43. The molecule has 3 aromatic rings. The van der Waals surface area contributed by atoms with Gasteiger partial charge in [0.05, 0.1) is 6.10 Å². The number of halogens is 1. The van der Waals surface area contributed by atoms with Gasteiger partial charge in [-0.15, -0.1) is 0 Å². The Labute approximate surface area is 151 Å². The van der Waals surface area contributed by atoms with Crippen LogP contribution in [-0.2, 0) is 11.3 Å². The summed E-state index contributed by atoms with van der Waals surface area (Å²) in [4.78, 5) is 12.3. The lowest BCUT2D eigenvalue weighted by Crippen LogP contribution is -2.12. The average molecular weight is 359 g/mol. The summed E-state index contributed by atoms with van der Waals surface area (Å²) in [6, 6.07) is 12.9. The Hall–Kier alpha value is -2.46. The van der Waals surface area contributed by atoms with Crippen molar-refractivity contribution >= 4 is 28.5 Å². The van der Waals surface area contributed by atoms with E-state index in [9.17, 15) is 4.79 Å². The molecule has 0 spiro atoms. The molecular weight excluding hydrogens is 340 g/mol. The molecule has 25 heavy (non-hydrogen) atoms. The zero-order valence-corrected chi connectivity index (χ0v) is 15.1. The fourth-order valence-corrected chi connectivity index (χ4v) is 2.69. The molecule has 130 valence electrons. The summed E-state index contributed by atoms with van der Waals surface area (Å²) in [6.07, 6.45) is -0.193. The van der Waals surface area contributed by atoms with Gasteiger partial charge in [-0.3, -0.25) is 0 Å². The van der Waals surface area contributed by atoms with Crippen LogP contribution in [-0.4, -0.2) is 12.1 Å².